The minimum Gasteiger partial charge on any atom is -0.370 e. The van der Waals surface area contributed by atoms with E-state index in [1.54, 1.807) is 0 Å². The summed E-state index contributed by atoms with van der Waals surface area (Å²) in [5.74, 6) is 0. The van der Waals surface area contributed by atoms with Crippen LogP contribution in [0.25, 0.3) is 0 Å². The first-order valence-electron chi connectivity index (χ1n) is 5.10. The minimum atomic E-state index is 0.495. The highest BCUT2D eigenvalue weighted by Gasteiger charge is 2.02. The number of hydrogen-bond acceptors (Lipinski definition) is 5. The fourth-order valence-corrected chi connectivity index (χ4v) is 2.14. The summed E-state index contributed by atoms with van der Waals surface area (Å²) >= 11 is 4.90. The lowest BCUT2D eigenvalue weighted by Gasteiger charge is -2.01. The number of nitrogens with one attached hydrogen (secondary N) is 1. The van der Waals surface area contributed by atoms with Crippen LogP contribution in [-0.4, -0.2) is 17.2 Å². The van der Waals surface area contributed by atoms with E-state index in [0.717, 1.165) is 20.2 Å². The highest BCUT2D eigenvalue weighted by atomic mass is 79.9. The lowest BCUT2D eigenvalue weighted by atomic mass is 10.2. The molecule has 0 aliphatic carbocycles. The molecule has 0 bridgehead atoms. The van der Waals surface area contributed by atoms with Crippen molar-refractivity contribution < 1.29 is 4.74 Å². The minimum absolute atomic E-state index is 0.495. The van der Waals surface area contributed by atoms with Crippen molar-refractivity contribution in [3.05, 3.63) is 39.3 Å². The molecule has 0 unspecified atom stereocenters. The van der Waals surface area contributed by atoms with Gasteiger partial charge in [-0.1, -0.05) is 39.4 Å². The fourth-order valence-electron chi connectivity index (χ4n) is 1.25. The normalized spacial score (nSPS) is 10.5. The second kappa shape index (κ2) is 6.09. The average Bonchev–Trinajstić information content (AvgIpc) is 2.80. The lowest BCUT2D eigenvalue weighted by Crippen LogP contribution is -1.93. The van der Waals surface area contributed by atoms with Gasteiger partial charge in [-0.3, -0.25) is 0 Å². The van der Waals surface area contributed by atoms with E-state index in [1.807, 2.05) is 31.3 Å². The Labute approximate surface area is 112 Å². The van der Waals surface area contributed by atoms with Gasteiger partial charge in [0.15, 0.2) is 0 Å². The zero-order valence-electron chi connectivity index (χ0n) is 9.31. The molecule has 90 valence electrons. The first-order valence-corrected chi connectivity index (χ1v) is 6.71. The SMILES string of the molecule is CNc1nnc(COCc2ccc(Br)cc2)s1. The Morgan fingerprint density at radius 3 is 2.65 bits per heavy atom. The van der Waals surface area contributed by atoms with Crippen LogP contribution in [0.2, 0.25) is 0 Å². The second-order valence-corrected chi connectivity index (χ2v) is 5.35. The van der Waals surface area contributed by atoms with Crippen LogP contribution in [0.4, 0.5) is 5.13 Å². The molecule has 4 nitrogen and oxygen atoms in total. The van der Waals surface area contributed by atoms with E-state index >= 15 is 0 Å². The molecule has 0 atom stereocenters. The maximum Gasteiger partial charge on any atom is 0.205 e. The third-order valence-electron chi connectivity index (χ3n) is 2.09. The van der Waals surface area contributed by atoms with Crippen LogP contribution in [0.15, 0.2) is 28.7 Å². The van der Waals surface area contributed by atoms with Crippen molar-refractivity contribution in [3.8, 4) is 0 Å². The first-order chi connectivity index (χ1) is 8.28. The summed E-state index contributed by atoms with van der Waals surface area (Å²) in [4.78, 5) is 0. The Morgan fingerprint density at radius 2 is 2.00 bits per heavy atom. The van der Waals surface area contributed by atoms with Gasteiger partial charge in [-0.05, 0) is 17.7 Å². The molecule has 2 aromatic rings. The number of rotatable bonds is 5. The first kappa shape index (κ1) is 12.5. The Kier molecular flexibility index (Phi) is 4.47. The van der Waals surface area contributed by atoms with Gasteiger partial charge in [-0.25, -0.2) is 0 Å². The monoisotopic (exact) mass is 313 g/mol. The number of anilines is 1. The Hall–Kier alpha value is -0.980. The number of benzene rings is 1. The largest absolute Gasteiger partial charge is 0.370 e. The van der Waals surface area contributed by atoms with E-state index in [0.29, 0.717) is 13.2 Å². The Bertz CT molecular complexity index is 472. The molecule has 6 heteroatoms. The summed E-state index contributed by atoms with van der Waals surface area (Å²) in [7, 11) is 1.83. The van der Waals surface area contributed by atoms with E-state index < -0.39 is 0 Å². The van der Waals surface area contributed by atoms with Crippen LogP contribution in [0.1, 0.15) is 10.6 Å². The van der Waals surface area contributed by atoms with Crippen LogP contribution in [0.5, 0.6) is 0 Å². The van der Waals surface area contributed by atoms with Crippen molar-refractivity contribution in [2.45, 2.75) is 13.2 Å². The molecule has 0 amide bonds. The number of nitrogens with zero attached hydrogens (tertiary/aromatic N) is 2. The topological polar surface area (TPSA) is 47.0 Å². The lowest BCUT2D eigenvalue weighted by molar-refractivity contribution is 0.106. The van der Waals surface area contributed by atoms with E-state index in [2.05, 4.69) is 31.4 Å². The molecular weight excluding hydrogens is 302 g/mol. The molecule has 1 N–H and O–H groups in total. The zero-order valence-corrected chi connectivity index (χ0v) is 11.7. The van der Waals surface area contributed by atoms with Crippen LogP contribution >= 0.6 is 27.3 Å². The van der Waals surface area contributed by atoms with Gasteiger partial charge in [0.05, 0.1) is 6.61 Å². The van der Waals surface area contributed by atoms with Gasteiger partial charge in [0.25, 0.3) is 0 Å². The second-order valence-electron chi connectivity index (χ2n) is 3.37. The smallest absolute Gasteiger partial charge is 0.205 e. The maximum atomic E-state index is 5.57. The molecule has 0 aliphatic rings. The van der Waals surface area contributed by atoms with Gasteiger partial charge in [-0.15, -0.1) is 10.2 Å². The van der Waals surface area contributed by atoms with Gasteiger partial charge in [-0.2, -0.15) is 0 Å². The van der Waals surface area contributed by atoms with Gasteiger partial charge < -0.3 is 10.1 Å². The van der Waals surface area contributed by atoms with Crippen LogP contribution < -0.4 is 5.32 Å². The van der Waals surface area contributed by atoms with Gasteiger partial charge in [0, 0.05) is 11.5 Å². The molecule has 1 aromatic carbocycles. The van der Waals surface area contributed by atoms with Crippen LogP contribution in [0, 0.1) is 0 Å². The zero-order chi connectivity index (χ0) is 12.1. The quantitative estimate of drug-likeness (QED) is 0.921. The van der Waals surface area contributed by atoms with E-state index in [9.17, 15) is 0 Å². The predicted molar refractivity (Wildman–Crippen MR) is 72.1 cm³/mol. The maximum absolute atomic E-state index is 5.57. The number of ether oxygens (including phenoxy) is 1. The Balaban J connectivity index is 1.81. The number of hydrogen-bond donors (Lipinski definition) is 1. The highest BCUT2D eigenvalue weighted by Crippen LogP contribution is 2.16. The van der Waals surface area contributed by atoms with Crippen molar-refractivity contribution >= 4 is 32.4 Å². The number of aromatic nitrogens is 2. The van der Waals surface area contributed by atoms with E-state index in [-0.39, 0.29) is 0 Å². The summed E-state index contributed by atoms with van der Waals surface area (Å²) in [6, 6.07) is 8.07. The predicted octanol–water partition coefficient (Wildman–Crippen LogP) is 3.06. The standard InChI is InChI=1S/C11H12BrN3OS/c1-13-11-15-14-10(17-11)7-16-6-8-2-4-9(12)5-3-8/h2-5H,6-7H2,1H3,(H,13,15). The molecule has 0 fully saturated rings. The summed E-state index contributed by atoms with van der Waals surface area (Å²) in [5.41, 5.74) is 1.14. The molecule has 2 rings (SSSR count). The summed E-state index contributed by atoms with van der Waals surface area (Å²) < 4.78 is 6.64. The molecule has 1 aromatic heterocycles. The highest BCUT2D eigenvalue weighted by molar-refractivity contribution is 9.10. The fraction of sp³-hybridized carbons (Fsp3) is 0.273. The Morgan fingerprint density at radius 1 is 1.24 bits per heavy atom. The van der Waals surface area contributed by atoms with E-state index in [1.165, 1.54) is 11.3 Å². The van der Waals surface area contributed by atoms with Crippen molar-refractivity contribution in [1.82, 2.24) is 10.2 Å². The third-order valence-corrected chi connectivity index (χ3v) is 3.53. The van der Waals surface area contributed by atoms with Gasteiger partial charge >= 0.3 is 0 Å². The van der Waals surface area contributed by atoms with Gasteiger partial charge in [0.2, 0.25) is 5.13 Å². The van der Waals surface area contributed by atoms with Crippen LogP contribution in [0.3, 0.4) is 0 Å². The summed E-state index contributed by atoms with van der Waals surface area (Å²) in [6.45, 7) is 1.08. The van der Waals surface area contributed by atoms with Gasteiger partial charge in [0.1, 0.15) is 11.6 Å². The average molecular weight is 314 g/mol. The van der Waals surface area contributed by atoms with Crippen molar-refractivity contribution in [2.24, 2.45) is 0 Å². The molecule has 0 aliphatic heterocycles. The molecular formula is C11H12BrN3OS. The number of halogens is 1. The molecule has 1 heterocycles. The van der Waals surface area contributed by atoms with Crippen LogP contribution in [-0.2, 0) is 18.0 Å². The molecule has 0 saturated carbocycles. The molecule has 0 spiro atoms. The van der Waals surface area contributed by atoms with Crippen molar-refractivity contribution in [3.63, 3.8) is 0 Å². The molecule has 17 heavy (non-hydrogen) atoms. The van der Waals surface area contributed by atoms with Crippen molar-refractivity contribution in [2.75, 3.05) is 12.4 Å². The molecule has 0 saturated heterocycles. The summed E-state index contributed by atoms with van der Waals surface area (Å²) in [5, 5.41) is 12.6. The van der Waals surface area contributed by atoms with Crippen molar-refractivity contribution in [1.29, 1.82) is 0 Å². The third kappa shape index (κ3) is 3.76. The molecule has 0 radical (unpaired) electrons. The van der Waals surface area contributed by atoms with E-state index in [4.69, 9.17) is 4.74 Å². The summed E-state index contributed by atoms with van der Waals surface area (Å²) in [6.07, 6.45) is 0.